The van der Waals surface area contributed by atoms with Crippen molar-refractivity contribution in [3.05, 3.63) is 65.7 Å². The fourth-order valence-corrected chi connectivity index (χ4v) is 2.02. The average Bonchev–Trinajstić information content (AvgIpc) is 2.83. The van der Waals surface area contributed by atoms with Gasteiger partial charge >= 0.3 is 0 Å². The summed E-state index contributed by atoms with van der Waals surface area (Å²) in [6.45, 7) is 1.86. The van der Waals surface area contributed by atoms with Gasteiger partial charge in [0.05, 0.1) is 17.3 Å². The second kappa shape index (κ2) is 4.11. The summed E-state index contributed by atoms with van der Waals surface area (Å²) in [6.07, 6.45) is 3.22. The summed E-state index contributed by atoms with van der Waals surface area (Å²) >= 11 is 0. The van der Waals surface area contributed by atoms with Crippen LogP contribution in [-0.4, -0.2) is 10.8 Å². The summed E-state index contributed by atoms with van der Waals surface area (Å²) < 4.78 is 5.25. The monoisotopic (exact) mass is 237 g/mol. The van der Waals surface area contributed by atoms with Crippen LogP contribution in [0, 0.1) is 6.92 Å². The highest BCUT2D eigenvalue weighted by atomic mass is 16.3. The van der Waals surface area contributed by atoms with E-state index in [9.17, 15) is 4.79 Å². The van der Waals surface area contributed by atoms with Gasteiger partial charge in [-0.2, -0.15) is 0 Å². The average molecular weight is 237 g/mol. The number of carbonyl (C=O) groups is 1. The molecule has 0 aliphatic heterocycles. The molecular formula is C15H11NO2. The Morgan fingerprint density at radius 2 is 2.00 bits per heavy atom. The zero-order valence-electron chi connectivity index (χ0n) is 9.88. The predicted molar refractivity (Wildman–Crippen MR) is 68.6 cm³/mol. The molecule has 3 heteroatoms. The second-order valence-electron chi connectivity index (χ2n) is 4.14. The van der Waals surface area contributed by atoms with Crippen molar-refractivity contribution in [3.8, 4) is 0 Å². The number of nitrogens with zero attached hydrogens (tertiary/aromatic N) is 1. The van der Waals surface area contributed by atoms with Gasteiger partial charge in [-0.15, -0.1) is 0 Å². The Hall–Kier alpha value is -2.42. The molecule has 0 N–H and O–H groups in total. The zero-order valence-corrected chi connectivity index (χ0v) is 9.88. The molecule has 0 bridgehead atoms. The number of carbonyl (C=O) groups excluding carboxylic acids is 1. The van der Waals surface area contributed by atoms with Crippen LogP contribution < -0.4 is 0 Å². The first-order valence-electron chi connectivity index (χ1n) is 5.70. The molecule has 1 aromatic carbocycles. The van der Waals surface area contributed by atoms with Gasteiger partial charge in [-0.1, -0.05) is 18.2 Å². The lowest BCUT2D eigenvalue weighted by molar-refractivity contribution is 0.101. The first-order chi connectivity index (χ1) is 8.77. The number of aromatic nitrogens is 1. The molecule has 0 atom stereocenters. The summed E-state index contributed by atoms with van der Waals surface area (Å²) in [5.41, 5.74) is 2.12. The van der Waals surface area contributed by atoms with Crippen LogP contribution in [-0.2, 0) is 0 Å². The molecule has 0 saturated carbocycles. The quantitative estimate of drug-likeness (QED) is 0.642. The van der Waals surface area contributed by atoms with E-state index < -0.39 is 0 Å². The third-order valence-corrected chi connectivity index (χ3v) is 2.95. The maximum absolute atomic E-state index is 12.4. The standard InChI is InChI=1S/C15H11NO2/c1-10-7-9-18-15(10)14(17)12-6-2-4-11-5-3-8-16-13(11)12/h2-9H,1H3. The van der Waals surface area contributed by atoms with Gasteiger partial charge in [-0.3, -0.25) is 9.78 Å². The van der Waals surface area contributed by atoms with Gasteiger partial charge in [0.15, 0.2) is 5.76 Å². The van der Waals surface area contributed by atoms with Crippen molar-refractivity contribution in [3.63, 3.8) is 0 Å². The lowest BCUT2D eigenvalue weighted by atomic mass is 10.0. The number of furan rings is 1. The molecule has 0 aliphatic carbocycles. The normalized spacial score (nSPS) is 10.7. The molecule has 3 rings (SSSR count). The van der Waals surface area contributed by atoms with Gasteiger partial charge in [0.2, 0.25) is 5.78 Å². The minimum absolute atomic E-state index is 0.123. The van der Waals surface area contributed by atoms with Crippen LogP contribution in [0.3, 0.4) is 0 Å². The van der Waals surface area contributed by atoms with Gasteiger partial charge in [0.1, 0.15) is 0 Å². The first kappa shape index (κ1) is 10.7. The number of hydrogen-bond donors (Lipinski definition) is 0. The number of rotatable bonds is 2. The Labute approximate surface area is 104 Å². The van der Waals surface area contributed by atoms with E-state index in [0.29, 0.717) is 16.8 Å². The van der Waals surface area contributed by atoms with E-state index in [1.807, 2.05) is 31.2 Å². The molecule has 0 aliphatic rings. The molecule has 0 radical (unpaired) electrons. The lowest BCUT2D eigenvalue weighted by Crippen LogP contribution is -2.03. The van der Waals surface area contributed by atoms with Crippen LogP contribution in [0.15, 0.2) is 53.3 Å². The molecule has 0 spiro atoms. The van der Waals surface area contributed by atoms with Crippen LogP contribution in [0.25, 0.3) is 10.9 Å². The van der Waals surface area contributed by atoms with Crippen molar-refractivity contribution in [2.45, 2.75) is 6.92 Å². The number of para-hydroxylation sites is 1. The summed E-state index contributed by atoms with van der Waals surface area (Å²) in [4.78, 5) is 16.7. The highest BCUT2D eigenvalue weighted by molar-refractivity contribution is 6.14. The van der Waals surface area contributed by atoms with Gasteiger partial charge < -0.3 is 4.42 Å². The van der Waals surface area contributed by atoms with E-state index in [-0.39, 0.29) is 5.78 Å². The fourth-order valence-electron chi connectivity index (χ4n) is 2.02. The number of ketones is 1. The highest BCUT2D eigenvalue weighted by Gasteiger charge is 2.17. The molecule has 0 amide bonds. The van der Waals surface area contributed by atoms with Crippen molar-refractivity contribution in [2.24, 2.45) is 0 Å². The van der Waals surface area contributed by atoms with Crippen molar-refractivity contribution in [2.75, 3.05) is 0 Å². The Bertz CT molecular complexity index is 723. The Kier molecular flexibility index (Phi) is 2.45. The summed E-state index contributed by atoms with van der Waals surface area (Å²) in [7, 11) is 0. The molecule has 3 nitrogen and oxygen atoms in total. The number of fused-ring (bicyclic) bond motifs is 1. The lowest BCUT2D eigenvalue weighted by Gasteiger charge is -2.03. The van der Waals surface area contributed by atoms with Crippen LogP contribution in [0.1, 0.15) is 21.7 Å². The predicted octanol–water partition coefficient (Wildman–Crippen LogP) is 3.37. The van der Waals surface area contributed by atoms with E-state index in [1.165, 1.54) is 6.26 Å². The SMILES string of the molecule is Cc1ccoc1C(=O)c1cccc2cccnc12. The van der Waals surface area contributed by atoms with E-state index >= 15 is 0 Å². The van der Waals surface area contributed by atoms with Gasteiger partial charge in [-0.25, -0.2) is 0 Å². The number of benzene rings is 1. The summed E-state index contributed by atoms with van der Waals surface area (Å²) in [6, 6.07) is 11.2. The maximum Gasteiger partial charge on any atom is 0.230 e. The molecule has 18 heavy (non-hydrogen) atoms. The third kappa shape index (κ3) is 1.61. The van der Waals surface area contributed by atoms with Crippen LogP contribution in [0.2, 0.25) is 0 Å². The Balaban J connectivity index is 2.21. The van der Waals surface area contributed by atoms with Crippen molar-refractivity contribution >= 4 is 16.7 Å². The van der Waals surface area contributed by atoms with E-state index in [4.69, 9.17) is 4.42 Å². The van der Waals surface area contributed by atoms with Crippen molar-refractivity contribution < 1.29 is 9.21 Å². The molecule has 88 valence electrons. The minimum Gasteiger partial charge on any atom is -0.461 e. The molecule has 0 unspecified atom stereocenters. The summed E-state index contributed by atoms with van der Waals surface area (Å²) in [5, 5.41) is 0.951. The van der Waals surface area contributed by atoms with E-state index in [0.717, 1.165) is 10.9 Å². The molecule has 0 saturated heterocycles. The Morgan fingerprint density at radius 3 is 2.78 bits per heavy atom. The third-order valence-electron chi connectivity index (χ3n) is 2.95. The smallest absolute Gasteiger partial charge is 0.230 e. The van der Waals surface area contributed by atoms with Crippen molar-refractivity contribution in [1.82, 2.24) is 4.98 Å². The molecular weight excluding hydrogens is 226 g/mol. The molecule has 3 aromatic rings. The van der Waals surface area contributed by atoms with Crippen LogP contribution in [0.5, 0.6) is 0 Å². The molecule has 2 heterocycles. The number of pyridine rings is 1. The topological polar surface area (TPSA) is 43.1 Å². The van der Waals surface area contributed by atoms with Crippen molar-refractivity contribution in [1.29, 1.82) is 0 Å². The van der Waals surface area contributed by atoms with E-state index in [1.54, 1.807) is 18.3 Å². The number of hydrogen-bond acceptors (Lipinski definition) is 3. The molecule has 0 fully saturated rings. The van der Waals surface area contributed by atoms with Gasteiger partial charge in [0.25, 0.3) is 0 Å². The zero-order chi connectivity index (χ0) is 12.5. The second-order valence-corrected chi connectivity index (χ2v) is 4.14. The fraction of sp³-hybridized carbons (Fsp3) is 0.0667. The van der Waals surface area contributed by atoms with Crippen LogP contribution in [0.4, 0.5) is 0 Å². The first-order valence-corrected chi connectivity index (χ1v) is 5.70. The minimum atomic E-state index is -0.123. The maximum atomic E-state index is 12.4. The highest BCUT2D eigenvalue weighted by Crippen LogP contribution is 2.21. The summed E-state index contributed by atoms with van der Waals surface area (Å²) in [5.74, 6) is 0.259. The van der Waals surface area contributed by atoms with E-state index in [2.05, 4.69) is 4.98 Å². The van der Waals surface area contributed by atoms with Gasteiger partial charge in [-0.05, 0) is 30.7 Å². The Morgan fingerprint density at radius 1 is 1.17 bits per heavy atom. The van der Waals surface area contributed by atoms with Gasteiger partial charge in [0, 0.05) is 11.6 Å². The van der Waals surface area contributed by atoms with Crippen LogP contribution >= 0.6 is 0 Å². The largest absolute Gasteiger partial charge is 0.461 e. The molecule has 2 aromatic heterocycles. The number of aryl methyl sites for hydroxylation is 1.